The van der Waals surface area contributed by atoms with Crippen molar-refractivity contribution >= 4 is 17.5 Å². The SMILES string of the molecule is CCC1C(=O)NC(C(C)C)C(=O)N1c1ccc(C)cc1F. The van der Waals surface area contributed by atoms with E-state index in [9.17, 15) is 14.0 Å². The van der Waals surface area contributed by atoms with Gasteiger partial charge >= 0.3 is 0 Å². The number of piperazine rings is 1. The van der Waals surface area contributed by atoms with E-state index >= 15 is 0 Å². The molecular weight excluding hydrogens is 271 g/mol. The average Bonchev–Trinajstić information content (AvgIpc) is 2.41. The molecule has 1 N–H and O–H groups in total. The van der Waals surface area contributed by atoms with Crippen molar-refractivity contribution in [3.63, 3.8) is 0 Å². The predicted molar refractivity (Wildman–Crippen MR) is 79.5 cm³/mol. The molecule has 1 aromatic carbocycles. The van der Waals surface area contributed by atoms with E-state index in [1.807, 2.05) is 20.8 Å². The molecule has 2 rings (SSSR count). The highest BCUT2D eigenvalue weighted by Crippen LogP contribution is 2.28. The summed E-state index contributed by atoms with van der Waals surface area (Å²) in [7, 11) is 0. The maximum absolute atomic E-state index is 14.2. The second-order valence-corrected chi connectivity index (χ2v) is 5.82. The summed E-state index contributed by atoms with van der Waals surface area (Å²) < 4.78 is 14.2. The van der Waals surface area contributed by atoms with Crippen molar-refractivity contribution in [2.75, 3.05) is 4.90 Å². The zero-order valence-corrected chi connectivity index (χ0v) is 12.8. The number of anilines is 1. The van der Waals surface area contributed by atoms with E-state index in [1.165, 1.54) is 11.0 Å². The van der Waals surface area contributed by atoms with Crippen molar-refractivity contribution in [3.8, 4) is 0 Å². The molecule has 2 atom stereocenters. The third-order valence-corrected chi connectivity index (χ3v) is 3.83. The van der Waals surface area contributed by atoms with Gasteiger partial charge in [-0.15, -0.1) is 0 Å². The molecule has 2 amide bonds. The maximum Gasteiger partial charge on any atom is 0.250 e. The van der Waals surface area contributed by atoms with E-state index in [0.717, 1.165) is 5.56 Å². The molecule has 1 fully saturated rings. The van der Waals surface area contributed by atoms with Crippen molar-refractivity contribution in [3.05, 3.63) is 29.6 Å². The highest BCUT2D eigenvalue weighted by Gasteiger charge is 2.42. The summed E-state index contributed by atoms with van der Waals surface area (Å²) in [5, 5.41) is 2.74. The minimum absolute atomic E-state index is 0.0461. The first kappa shape index (κ1) is 15.5. The standard InChI is InChI=1S/C16H21FN2O2/c1-5-12-15(20)18-14(9(2)3)16(21)19(12)13-7-6-10(4)8-11(13)17/h6-9,12,14H,5H2,1-4H3,(H,18,20). The van der Waals surface area contributed by atoms with Gasteiger partial charge in [-0.25, -0.2) is 4.39 Å². The second-order valence-electron chi connectivity index (χ2n) is 5.82. The summed E-state index contributed by atoms with van der Waals surface area (Å²) in [5.41, 5.74) is 0.955. The van der Waals surface area contributed by atoms with Gasteiger partial charge in [0.2, 0.25) is 5.91 Å². The zero-order valence-electron chi connectivity index (χ0n) is 12.8. The molecule has 0 saturated carbocycles. The van der Waals surface area contributed by atoms with Gasteiger partial charge in [-0.2, -0.15) is 0 Å². The quantitative estimate of drug-likeness (QED) is 0.930. The molecule has 4 nitrogen and oxygen atoms in total. The number of hydrogen-bond acceptors (Lipinski definition) is 2. The van der Waals surface area contributed by atoms with Gasteiger partial charge in [-0.1, -0.05) is 26.8 Å². The molecule has 2 unspecified atom stereocenters. The Morgan fingerprint density at radius 2 is 2.00 bits per heavy atom. The van der Waals surface area contributed by atoms with Crippen LogP contribution < -0.4 is 10.2 Å². The first-order valence-corrected chi connectivity index (χ1v) is 7.26. The lowest BCUT2D eigenvalue weighted by Gasteiger charge is -2.40. The summed E-state index contributed by atoms with van der Waals surface area (Å²) in [6.07, 6.45) is 0.440. The van der Waals surface area contributed by atoms with Gasteiger partial charge < -0.3 is 5.32 Å². The zero-order chi connectivity index (χ0) is 15.7. The van der Waals surface area contributed by atoms with Crippen LogP contribution in [0.5, 0.6) is 0 Å². The lowest BCUT2D eigenvalue weighted by molar-refractivity contribution is -0.135. The van der Waals surface area contributed by atoms with Crippen LogP contribution in [0.3, 0.4) is 0 Å². The number of aryl methyl sites for hydroxylation is 1. The molecule has 0 aromatic heterocycles. The lowest BCUT2D eigenvalue weighted by atomic mass is 9.96. The minimum atomic E-state index is -0.662. The Balaban J connectivity index is 2.49. The van der Waals surface area contributed by atoms with Gasteiger partial charge in [0.05, 0.1) is 5.69 Å². The van der Waals surface area contributed by atoms with Crippen molar-refractivity contribution in [2.45, 2.75) is 46.2 Å². The summed E-state index contributed by atoms with van der Waals surface area (Å²) in [4.78, 5) is 26.2. The summed E-state index contributed by atoms with van der Waals surface area (Å²) in [5.74, 6) is -0.996. The Bertz CT molecular complexity index is 571. The van der Waals surface area contributed by atoms with Crippen LogP contribution in [-0.2, 0) is 9.59 Å². The predicted octanol–water partition coefficient (Wildman–Crippen LogP) is 2.40. The Kier molecular flexibility index (Phi) is 4.30. The lowest BCUT2D eigenvalue weighted by Crippen LogP contribution is -2.65. The Hall–Kier alpha value is -1.91. The number of hydrogen-bond donors (Lipinski definition) is 1. The Morgan fingerprint density at radius 1 is 1.33 bits per heavy atom. The first-order chi connectivity index (χ1) is 9.86. The van der Waals surface area contributed by atoms with Gasteiger partial charge in [0.15, 0.2) is 0 Å². The smallest absolute Gasteiger partial charge is 0.250 e. The number of carbonyl (C=O) groups is 2. The molecule has 5 heteroatoms. The topological polar surface area (TPSA) is 49.4 Å². The van der Waals surface area contributed by atoms with E-state index in [1.54, 1.807) is 19.1 Å². The minimum Gasteiger partial charge on any atom is -0.342 e. The Morgan fingerprint density at radius 3 is 2.52 bits per heavy atom. The average molecular weight is 292 g/mol. The monoisotopic (exact) mass is 292 g/mol. The van der Waals surface area contributed by atoms with Gasteiger partial charge in [0.1, 0.15) is 17.9 Å². The van der Waals surface area contributed by atoms with Crippen LogP contribution in [0.25, 0.3) is 0 Å². The van der Waals surface area contributed by atoms with E-state index in [0.29, 0.717) is 6.42 Å². The summed E-state index contributed by atoms with van der Waals surface area (Å²) >= 11 is 0. The van der Waals surface area contributed by atoms with E-state index < -0.39 is 17.9 Å². The third-order valence-electron chi connectivity index (χ3n) is 3.83. The molecule has 1 aliphatic rings. The van der Waals surface area contributed by atoms with Crippen LogP contribution in [0.2, 0.25) is 0 Å². The summed E-state index contributed by atoms with van der Waals surface area (Å²) in [6, 6.07) is 3.42. The van der Waals surface area contributed by atoms with E-state index in [-0.39, 0.29) is 23.4 Å². The first-order valence-electron chi connectivity index (χ1n) is 7.26. The molecule has 1 aliphatic heterocycles. The van der Waals surface area contributed by atoms with Gasteiger partial charge in [-0.05, 0) is 37.0 Å². The highest BCUT2D eigenvalue weighted by molar-refractivity contribution is 6.08. The number of halogens is 1. The molecular formula is C16H21FN2O2. The molecule has 0 bridgehead atoms. The van der Waals surface area contributed by atoms with Crippen LogP contribution in [0.4, 0.5) is 10.1 Å². The number of nitrogens with zero attached hydrogens (tertiary/aromatic N) is 1. The van der Waals surface area contributed by atoms with Gasteiger partial charge in [-0.3, -0.25) is 14.5 Å². The van der Waals surface area contributed by atoms with Crippen molar-refractivity contribution in [2.24, 2.45) is 5.92 Å². The number of carbonyl (C=O) groups excluding carboxylic acids is 2. The fourth-order valence-electron chi connectivity index (χ4n) is 2.65. The van der Waals surface area contributed by atoms with Crippen LogP contribution in [0.1, 0.15) is 32.8 Å². The number of rotatable bonds is 3. The summed E-state index contributed by atoms with van der Waals surface area (Å²) in [6.45, 7) is 7.32. The molecule has 0 radical (unpaired) electrons. The molecule has 0 aliphatic carbocycles. The van der Waals surface area contributed by atoms with Gasteiger partial charge in [0.25, 0.3) is 5.91 Å². The molecule has 21 heavy (non-hydrogen) atoms. The molecule has 1 heterocycles. The van der Waals surface area contributed by atoms with E-state index in [2.05, 4.69) is 5.32 Å². The van der Waals surface area contributed by atoms with Crippen molar-refractivity contribution < 1.29 is 14.0 Å². The van der Waals surface area contributed by atoms with Gasteiger partial charge in [0, 0.05) is 0 Å². The fraction of sp³-hybridized carbons (Fsp3) is 0.500. The molecule has 114 valence electrons. The Labute approximate surface area is 124 Å². The fourth-order valence-corrected chi connectivity index (χ4v) is 2.65. The van der Waals surface area contributed by atoms with Crippen LogP contribution in [0.15, 0.2) is 18.2 Å². The molecule has 1 aromatic rings. The van der Waals surface area contributed by atoms with Crippen LogP contribution >= 0.6 is 0 Å². The molecule has 0 spiro atoms. The highest BCUT2D eigenvalue weighted by atomic mass is 19.1. The van der Waals surface area contributed by atoms with Crippen LogP contribution in [-0.4, -0.2) is 23.9 Å². The van der Waals surface area contributed by atoms with Crippen molar-refractivity contribution in [1.29, 1.82) is 0 Å². The molecule has 1 saturated heterocycles. The maximum atomic E-state index is 14.2. The van der Waals surface area contributed by atoms with E-state index in [4.69, 9.17) is 0 Å². The number of amides is 2. The number of benzene rings is 1. The normalized spacial score (nSPS) is 22.7. The third kappa shape index (κ3) is 2.77. The number of nitrogens with one attached hydrogen (secondary N) is 1. The largest absolute Gasteiger partial charge is 0.342 e. The second kappa shape index (κ2) is 5.84. The van der Waals surface area contributed by atoms with Crippen LogP contribution in [0, 0.1) is 18.7 Å². The van der Waals surface area contributed by atoms with Crippen molar-refractivity contribution in [1.82, 2.24) is 5.32 Å².